The zero-order valence-corrected chi connectivity index (χ0v) is 13.8. The van der Waals surface area contributed by atoms with Crippen LogP contribution in [0, 0.1) is 0 Å². The molecule has 9 nitrogen and oxygen atoms in total. The molecule has 132 valence electrons. The number of benzene rings is 1. The van der Waals surface area contributed by atoms with Crippen molar-refractivity contribution in [3.8, 4) is 11.5 Å². The minimum atomic E-state index is -3.82. The molecule has 0 saturated heterocycles. The molecule has 1 aliphatic rings. The monoisotopic (exact) mass is 358 g/mol. The van der Waals surface area contributed by atoms with E-state index in [9.17, 15) is 18.0 Å². The molecule has 24 heavy (non-hydrogen) atoms. The third-order valence-electron chi connectivity index (χ3n) is 3.15. The molecular formula is C14H18N2O7S. The molecule has 0 bridgehead atoms. The Balaban J connectivity index is 1.92. The van der Waals surface area contributed by atoms with Gasteiger partial charge in [-0.2, -0.15) is 0 Å². The van der Waals surface area contributed by atoms with Gasteiger partial charge in [0.05, 0.1) is 11.3 Å². The Kier molecular flexibility index (Phi) is 5.62. The molecule has 0 spiro atoms. The average molecular weight is 358 g/mol. The number of primary amides is 1. The SMILES string of the molecule is C[C@@H](OC(=O)CCNS(=O)(=O)c1ccc2c(c1)OCCO2)C(N)=O. The predicted molar refractivity (Wildman–Crippen MR) is 82.0 cm³/mol. The Bertz CT molecular complexity index is 733. The number of esters is 1. The highest BCUT2D eigenvalue weighted by molar-refractivity contribution is 7.89. The fourth-order valence-corrected chi connectivity index (χ4v) is 2.92. The van der Waals surface area contributed by atoms with Crippen molar-refractivity contribution in [2.45, 2.75) is 24.3 Å². The van der Waals surface area contributed by atoms with E-state index in [0.29, 0.717) is 24.7 Å². The molecule has 10 heteroatoms. The minimum absolute atomic E-state index is 0.00868. The van der Waals surface area contributed by atoms with Crippen LogP contribution in [0.25, 0.3) is 0 Å². The normalized spacial score (nSPS) is 14.7. The largest absolute Gasteiger partial charge is 0.486 e. The number of rotatable bonds is 7. The molecule has 1 aliphatic heterocycles. The molecule has 1 aromatic carbocycles. The highest BCUT2D eigenvalue weighted by Crippen LogP contribution is 2.32. The number of ether oxygens (including phenoxy) is 3. The molecule has 0 fully saturated rings. The van der Waals surface area contributed by atoms with Crippen molar-refractivity contribution in [1.82, 2.24) is 4.72 Å². The van der Waals surface area contributed by atoms with Crippen LogP contribution in [-0.2, 0) is 24.3 Å². The summed E-state index contributed by atoms with van der Waals surface area (Å²) in [6, 6.07) is 4.24. The van der Waals surface area contributed by atoms with Crippen molar-refractivity contribution >= 4 is 21.9 Å². The van der Waals surface area contributed by atoms with Gasteiger partial charge in [-0.3, -0.25) is 9.59 Å². The van der Waals surface area contributed by atoms with Crippen LogP contribution in [0.5, 0.6) is 11.5 Å². The van der Waals surface area contributed by atoms with Crippen LogP contribution >= 0.6 is 0 Å². The Hall–Kier alpha value is -2.33. The lowest BCUT2D eigenvalue weighted by atomic mass is 10.3. The maximum Gasteiger partial charge on any atom is 0.307 e. The summed E-state index contributed by atoms with van der Waals surface area (Å²) in [4.78, 5) is 22.2. The van der Waals surface area contributed by atoms with Crippen LogP contribution in [0.2, 0.25) is 0 Å². The molecule has 1 atom stereocenters. The van der Waals surface area contributed by atoms with Crippen molar-refractivity contribution in [3.63, 3.8) is 0 Å². The molecule has 0 aliphatic carbocycles. The van der Waals surface area contributed by atoms with E-state index in [2.05, 4.69) is 4.72 Å². The lowest BCUT2D eigenvalue weighted by Gasteiger charge is -2.18. The number of carbonyl (C=O) groups excluding carboxylic acids is 2. The van der Waals surface area contributed by atoms with E-state index >= 15 is 0 Å². The van der Waals surface area contributed by atoms with E-state index in [1.165, 1.54) is 25.1 Å². The first-order valence-corrected chi connectivity index (χ1v) is 8.66. The van der Waals surface area contributed by atoms with E-state index in [1.54, 1.807) is 0 Å². The first-order valence-electron chi connectivity index (χ1n) is 7.18. The summed E-state index contributed by atoms with van der Waals surface area (Å²) in [7, 11) is -3.82. The van der Waals surface area contributed by atoms with Gasteiger partial charge in [-0.15, -0.1) is 0 Å². The second-order valence-corrected chi connectivity index (χ2v) is 6.75. The van der Waals surface area contributed by atoms with Gasteiger partial charge < -0.3 is 19.9 Å². The van der Waals surface area contributed by atoms with Crippen molar-refractivity contribution in [2.24, 2.45) is 5.73 Å². The van der Waals surface area contributed by atoms with Crippen LogP contribution in [0.15, 0.2) is 23.1 Å². The fraction of sp³-hybridized carbons (Fsp3) is 0.429. The van der Waals surface area contributed by atoms with Crippen LogP contribution < -0.4 is 19.9 Å². The van der Waals surface area contributed by atoms with Gasteiger partial charge in [0.2, 0.25) is 10.0 Å². The molecule has 3 N–H and O–H groups in total. The number of sulfonamides is 1. The Morgan fingerprint density at radius 1 is 1.29 bits per heavy atom. The van der Waals surface area contributed by atoms with Gasteiger partial charge in [0.1, 0.15) is 13.2 Å². The number of nitrogens with two attached hydrogens (primary N) is 1. The quantitative estimate of drug-likeness (QED) is 0.630. The molecular weight excluding hydrogens is 340 g/mol. The number of hydrogen-bond acceptors (Lipinski definition) is 7. The average Bonchev–Trinajstić information content (AvgIpc) is 2.54. The Labute approximate surface area is 139 Å². The third-order valence-corrected chi connectivity index (χ3v) is 4.61. The molecule has 0 unspecified atom stereocenters. The van der Waals surface area contributed by atoms with Gasteiger partial charge in [0.15, 0.2) is 17.6 Å². The summed E-state index contributed by atoms with van der Waals surface area (Å²) in [5, 5.41) is 0. The predicted octanol–water partition coefficient (Wildman–Crippen LogP) is -0.457. The van der Waals surface area contributed by atoms with Gasteiger partial charge in [-0.25, -0.2) is 13.1 Å². The van der Waals surface area contributed by atoms with Crippen LogP contribution in [0.4, 0.5) is 0 Å². The lowest BCUT2D eigenvalue weighted by molar-refractivity contribution is -0.153. The smallest absolute Gasteiger partial charge is 0.307 e. The van der Waals surface area contributed by atoms with Gasteiger partial charge in [-0.1, -0.05) is 0 Å². The lowest BCUT2D eigenvalue weighted by Crippen LogP contribution is -2.32. The zero-order valence-electron chi connectivity index (χ0n) is 13.0. The third kappa shape index (κ3) is 4.59. The summed E-state index contributed by atoms with van der Waals surface area (Å²) in [5.74, 6) is -0.686. The first kappa shape index (κ1) is 18.0. The van der Waals surface area contributed by atoms with Crippen molar-refractivity contribution in [1.29, 1.82) is 0 Å². The molecule has 0 aromatic heterocycles. The fourth-order valence-electron chi connectivity index (χ4n) is 1.88. The second kappa shape index (κ2) is 7.49. The van der Waals surface area contributed by atoms with E-state index in [4.69, 9.17) is 19.9 Å². The Morgan fingerprint density at radius 2 is 1.96 bits per heavy atom. The van der Waals surface area contributed by atoms with E-state index < -0.39 is 28.0 Å². The van der Waals surface area contributed by atoms with Crippen LogP contribution in [-0.4, -0.2) is 46.2 Å². The van der Waals surface area contributed by atoms with E-state index in [1.807, 2.05) is 0 Å². The second-order valence-electron chi connectivity index (χ2n) is 4.99. The number of nitrogens with one attached hydrogen (secondary N) is 1. The Morgan fingerprint density at radius 3 is 2.62 bits per heavy atom. The number of hydrogen-bond donors (Lipinski definition) is 2. The number of carbonyl (C=O) groups is 2. The summed E-state index contributed by atoms with van der Waals surface area (Å²) >= 11 is 0. The summed E-state index contributed by atoms with van der Waals surface area (Å²) in [5.41, 5.74) is 4.96. The highest BCUT2D eigenvalue weighted by atomic mass is 32.2. The molecule has 2 rings (SSSR count). The van der Waals surface area contributed by atoms with Gasteiger partial charge >= 0.3 is 5.97 Å². The maximum absolute atomic E-state index is 12.2. The summed E-state index contributed by atoms with van der Waals surface area (Å²) in [6.45, 7) is 1.90. The molecule has 0 radical (unpaired) electrons. The maximum atomic E-state index is 12.2. The molecule has 0 saturated carbocycles. The van der Waals surface area contributed by atoms with Crippen LogP contribution in [0.3, 0.4) is 0 Å². The minimum Gasteiger partial charge on any atom is -0.486 e. The van der Waals surface area contributed by atoms with Gasteiger partial charge in [0, 0.05) is 12.6 Å². The van der Waals surface area contributed by atoms with Gasteiger partial charge in [-0.05, 0) is 19.1 Å². The number of fused-ring (bicyclic) bond motifs is 1. The van der Waals surface area contributed by atoms with Gasteiger partial charge in [0.25, 0.3) is 5.91 Å². The van der Waals surface area contributed by atoms with Crippen molar-refractivity contribution in [3.05, 3.63) is 18.2 Å². The topological polar surface area (TPSA) is 134 Å². The van der Waals surface area contributed by atoms with E-state index in [-0.39, 0.29) is 17.9 Å². The van der Waals surface area contributed by atoms with Crippen molar-refractivity contribution < 1.29 is 32.2 Å². The number of amides is 1. The highest BCUT2D eigenvalue weighted by Gasteiger charge is 2.20. The molecule has 1 amide bonds. The molecule has 1 heterocycles. The van der Waals surface area contributed by atoms with Crippen LogP contribution in [0.1, 0.15) is 13.3 Å². The first-order chi connectivity index (χ1) is 11.3. The zero-order chi connectivity index (χ0) is 17.7. The summed E-state index contributed by atoms with van der Waals surface area (Å²) < 4.78 is 42.0. The summed E-state index contributed by atoms with van der Waals surface area (Å²) in [6.07, 6.45) is -1.30. The van der Waals surface area contributed by atoms with Crippen molar-refractivity contribution in [2.75, 3.05) is 19.8 Å². The standard InChI is InChI=1S/C14H18N2O7S/c1-9(14(15)18)23-13(17)4-5-16-24(19,20)10-2-3-11-12(8-10)22-7-6-21-11/h2-3,8-9,16H,4-7H2,1H3,(H2,15,18)/t9-/m1/s1. The van der Waals surface area contributed by atoms with E-state index in [0.717, 1.165) is 0 Å². The molecule has 1 aromatic rings.